The molecule has 0 bridgehead atoms. The largest absolute Gasteiger partial charge is 0.310 e. The molecule has 0 amide bonds. The second kappa shape index (κ2) is 12.9. The first-order chi connectivity index (χ1) is 29.1. The third-order valence-electron chi connectivity index (χ3n) is 12.5. The number of benzene rings is 7. The van der Waals surface area contributed by atoms with Gasteiger partial charge in [-0.05, 0) is 88.4 Å². The fraction of sp³-hybridized carbons (Fsp3) is 0.0556. The van der Waals surface area contributed by atoms with Crippen molar-refractivity contribution in [3.8, 4) is 34.4 Å². The highest BCUT2D eigenvalue weighted by Crippen LogP contribution is 2.52. The van der Waals surface area contributed by atoms with Crippen molar-refractivity contribution in [2.75, 3.05) is 0 Å². The average molecular weight is 756 g/mol. The van der Waals surface area contributed by atoms with Gasteiger partial charge in [0.1, 0.15) is 0 Å². The molecule has 3 aromatic heterocycles. The van der Waals surface area contributed by atoms with Crippen molar-refractivity contribution in [1.29, 1.82) is 0 Å². The molecule has 0 N–H and O–H groups in total. The van der Waals surface area contributed by atoms with Crippen LogP contribution in [0.3, 0.4) is 0 Å². The van der Waals surface area contributed by atoms with Crippen LogP contribution in [0.15, 0.2) is 194 Å². The molecule has 2 aliphatic rings. The van der Waals surface area contributed by atoms with Crippen LogP contribution in [0.1, 0.15) is 34.9 Å². The maximum atomic E-state index is 5.15. The van der Waals surface area contributed by atoms with Crippen molar-refractivity contribution in [3.05, 3.63) is 222 Å². The fourth-order valence-corrected chi connectivity index (χ4v) is 9.66. The van der Waals surface area contributed by atoms with Gasteiger partial charge in [0.05, 0.1) is 22.2 Å². The van der Waals surface area contributed by atoms with Gasteiger partial charge in [0, 0.05) is 38.4 Å². The van der Waals surface area contributed by atoms with Gasteiger partial charge < -0.3 is 4.57 Å². The van der Waals surface area contributed by atoms with Crippen molar-refractivity contribution < 1.29 is 0 Å². The van der Waals surface area contributed by atoms with Crippen LogP contribution in [0, 0.1) is 0 Å². The molecular weight excluding hydrogens is 719 g/mol. The van der Waals surface area contributed by atoms with Crippen LogP contribution in [-0.4, -0.2) is 24.1 Å². The van der Waals surface area contributed by atoms with Crippen LogP contribution < -0.4 is 0 Å². The van der Waals surface area contributed by atoms with Crippen LogP contribution in [0.4, 0.5) is 0 Å². The number of nitrogens with zero attached hydrogens (tertiary/aromatic N) is 5. The quantitative estimate of drug-likeness (QED) is 0.176. The molecule has 7 aromatic carbocycles. The molecular formula is C54H37N5. The number of fused-ring (bicyclic) bond motifs is 9. The number of para-hydroxylation sites is 3. The van der Waals surface area contributed by atoms with E-state index in [0.29, 0.717) is 17.6 Å². The van der Waals surface area contributed by atoms with E-state index in [0.717, 1.165) is 39.4 Å². The summed E-state index contributed by atoms with van der Waals surface area (Å²) in [6.45, 7) is 2.43. The monoisotopic (exact) mass is 755 g/mol. The highest BCUT2D eigenvalue weighted by molar-refractivity contribution is 6.10. The maximum absolute atomic E-state index is 5.15. The summed E-state index contributed by atoms with van der Waals surface area (Å²) in [5, 5.41) is 3.62. The molecule has 59 heavy (non-hydrogen) atoms. The molecule has 1 unspecified atom stereocenters. The van der Waals surface area contributed by atoms with Gasteiger partial charge in [0.15, 0.2) is 11.6 Å². The summed E-state index contributed by atoms with van der Waals surface area (Å²) in [7, 11) is 0. The van der Waals surface area contributed by atoms with Crippen LogP contribution in [-0.2, 0) is 11.8 Å². The van der Waals surface area contributed by atoms with Gasteiger partial charge in [-0.3, -0.25) is 4.57 Å². The number of allylic oxidation sites excluding steroid dienone is 2. The van der Waals surface area contributed by atoms with Gasteiger partial charge in [0.2, 0.25) is 5.95 Å². The first-order valence-electron chi connectivity index (χ1n) is 20.2. The van der Waals surface area contributed by atoms with E-state index in [4.69, 9.17) is 15.0 Å². The summed E-state index contributed by atoms with van der Waals surface area (Å²) < 4.78 is 4.64. The Morgan fingerprint density at radius 3 is 1.76 bits per heavy atom. The van der Waals surface area contributed by atoms with Gasteiger partial charge in [-0.25, -0.2) is 4.98 Å². The van der Waals surface area contributed by atoms with Crippen LogP contribution in [0.5, 0.6) is 0 Å². The van der Waals surface area contributed by atoms with E-state index < -0.39 is 0 Å². The molecule has 3 heterocycles. The molecule has 0 spiro atoms. The summed E-state index contributed by atoms with van der Waals surface area (Å²) in [5.74, 6) is 1.87. The van der Waals surface area contributed by atoms with Crippen molar-refractivity contribution in [2.45, 2.75) is 18.8 Å². The molecule has 0 radical (unpaired) electrons. The van der Waals surface area contributed by atoms with E-state index in [1.54, 1.807) is 0 Å². The minimum absolute atomic E-state index is 0.190. The van der Waals surface area contributed by atoms with Gasteiger partial charge in [-0.1, -0.05) is 153 Å². The Bertz CT molecular complexity index is 3300. The van der Waals surface area contributed by atoms with E-state index in [1.807, 2.05) is 36.4 Å². The lowest BCUT2D eigenvalue weighted by Gasteiger charge is -2.40. The maximum Gasteiger partial charge on any atom is 0.238 e. The van der Waals surface area contributed by atoms with E-state index in [-0.39, 0.29) is 5.41 Å². The lowest BCUT2D eigenvalue weighted by Crippen LogP contribution is -2.33. The molecule has 0 saturated carbocycles. The molecule has 10 aromatic rings. The lowest BCUT2D eigenvalue weighted by atomic mass is 9.63. The topological polar surface area (TPSA) is 48.5 Å². The second-order valence-corrected chi connectivity index (χ2v) is 15.9. The van der Waals surface area contributed by atoms with Gasteiger partial charge >= 0.3 is 0 Å². The summed E-state index contributed by atoms with van der Waals surface area (Å²) >= 11 is 0. The zero-order chi connectivity index (χ0) is 39.1. The smallest absolute Gasteiger partial charge is 0.238 e. The van der Waals surface area contributed by atoms with Crippen LogP contribution in [0.25, 0.3) is 78.8 Å². The summed E-state index contributed by atoms with van der Waals surface area (Å²) in [4.78, 5) is 15.3. The van der Waals surface area contributed by atoms with E-state index in [1.165, 1.54) is 55.7 Å². The highest BCUT2D eigenvalue weighted by atomic mass is 15.2. The highest BCUT2D eigenvalue weighted by Gasteiger charge is 2.41. The molecule has 0 saturated heterocycles. The predicted molar refractivity (Wildman–Crippen MR) is 241 cm³/mol. The summed E-state index contributed by atoms with van der Waals surface area (Å²) in [6, 6.07) is 64.5. The molecule has 5 nitrogen and oxygen atoms in total. The molecule has 0 aliphatic heterocycles. The molecule has 2 aliphatic carbocycles. The Labute approximate surface area is 341 Å². The SMILES string of the molecule is CC12Cc3c(n(-c4ccccc4)c4ccccc34)C=C1C=C(c1ccc3c(c1)c1ccccc1n3-c1nc(-c3ccccc3)nc(-c3ccccc3)n1)c1ccccc12. The zero-order valence-corrected chi connectivity index (χ0v) is 32.4. The molecule has 0 fully saturated rings. The number of rotatable bonds is 5. The minimum atomic E-state index is -0.190. The van der Waals surface area contributed by atoms with Gasteiger partial charge in [0.25, 0.3) is 0 Å². The van der Waals surface area contributed by atoms with Gasteiger partial charge in [-0.15, -0.1) is 0 Å². The lowest BCUT2D eigenvalue weighted by molar-refractivity contribution is 0.558. The zero-order valence-electron chi connectivity index (χ0n) is 32.4. The molecule has 12 rings (SSSR count). The van der Waals surface area contributed by atoms with Crippen molar-refractivity contribution >= 4 is 44.4 Å². The molecule has 1 atom stereocenters. The van der Waals surface area contributed by atoms with Crippen molar-refractivity contribution in [3.63, 3.8) is 0 Å². The summed E-state index contributed by atoms with van der Waals surface area (Å²) in [5.41, 5.74) is 15.3. The standard InChI is InChI=1S/C54H37N5/c1-54-34-45-42-25-13-15-27-47(42)58(39-21-9-4-10-22-39)50(45)33-38(54)32-43(40-23-11-14-26-46(40)54)37-29-30-49-44(31-37)41-24-12-16-28-48(41)59(49)53-56-51(35-17-5-2-6-18-35)55-52(57-53)36-19-7-3-8-20-36/h2-33H,34H2,1H3. The van der Waals surface area contributed by atoms with Crippen LogP contribution in [0.2, 0.25) is 0 Å². The predicted octanol–water partition coefficient (Wildman–Crippen LogP) is 12.6. The third kappa shape index (κ3) is 5.14. The first-order valence-corrected chi connectivity index (χ1v) is 20.2. The second-order valence-electron chi connectivity index (χ2n) is 15.9. The fourth-order valence-electron chi connectivity index (χ4n) is 9.66. The first kappa shape index (κ1) is 33.5. The Hall–Kier alpha value is -7.63. The summed E-state index contributed by atoms with van der Waals surface area (Å²) in [6.07, 6.45) is 5.84. The molecule has 5 heteroatoms. The third-order valence-corrected chi connectivity index (χ3v) is 12.5. The van der Waals surface area contributed by atoms with Crippen LogP contribution >= 0.6 is 0 Å². The van der Waals surface area contributed by atoms with E-state index >= 15 is 0 Å². The number of hydrogen-bond acceptors (Lipinski definition) is 3. The van der Waals surface area contributed by atoms with E-state index in [9.17, 15) is 0 Å². The Kier molecular flexibility index (Phi) is 7.35. The Balaban J connectivity index is 1.07. The average Bonchev–Trinajstić information content (AvgIpc) is 3.80. The van der Waals surface area contributed by atoms with Crippen molar-refractivity contribution in [2.24, 2.45) is 0 Å². The number of aromatic nitrogens is 5. The number of hydrogen-bond donors (Lipinski definition) is 0. The Morgan fingerprint density at radius 1 is 0.475 bits per heavy atom. The van der Waals surface area contributed by atoms with Crippen molar-refractivity contribution in [1.82, 2.24) is 24.1 Å². The normalized spacial score (nSPS) is 15.7. The molecule has 278 valence electrons. The Morgan fingerprint density at radius 2 is 1.05 bits per heavy atom. The van der Waals surface area contributed by atoms with E-state index in [2.05, 4.69) is 174 Å². The van der Waals surface area contributed by atoms with Gasteiger partial charge in [-0.2, -0.15) is 9.97 Å². The minimum Gasteiger partial charge on any atom is -0.310 e.